The molecule has 2 rings (SSSR count). The number of carbonyl (C=O) groups is 1. The van der Waals surface area contributed by atoms with Gasteiger partial charge in [-0.25, -0.2) is 0 Å². The zero-order valence-electron chi connectivity index (χ0n) is 11.6. The molecule has 0 heterocycles. The third-order valence-corrected chi connectivity index (χ3v) is 3.79. The third-order valence-electron chi connectivity index (χ3n) is 3.01. The fourth-order valence-electron chi connectivity index (χ4n) is 1.83. The quantitative estimate of drug-likeness (QED) is 0.753. The van der Waals surface area contributed by atoms with Crippen LogP contribution in [0.5, 0.6) is 0 Å². The highest BCUT2D eigenvalue weighted by Crippen LogP contribution is 2.15. The molecule has 0 saturated heterocycles. The summed E-state index contributed by atoms with van der Waals surface area (Å²) >= 11 is 9.21. The second-order valence-electron chi connectivity index (χ2n) is 4.59. The summed E-state index contributed by atoms with van der Waals surface area (Å²) in [4.78, 5) is 12.2. The van der Waals surface area contributed by atoms with E-state index in [1.165, 1.54) is 0 Å². The number of nitrogens with one attached hydrogen (secondary N) is 2. The Bertz CT molecular complexity index is 599. The van der Waals surface area contributed by atoms with E-state index in [2.05, 4.69) is 26.6 Å². The Morgan fingerprint density at radius 2 is 1.76 bits per heavy atom. The van der Waals surface area contributed by atoms with Crippen molar-refractivity contribution in [3.05, 3.63) is 63.6 Å². The van der Waals surface area contributed by atoms with Crippen molar-refractivity contribution >= 4 is 39.1 Å². The molecule has 2 N–H and O–H groups in total. The van der Waals surface area contributed by atoms with Crippen LogP contribution in [0.2, 0.25) is 5.02 Å². The summed E-state index contributed by atoms with van der Waals surface area (Å²) < 4.78 is 0.949. The van der Waals surface area contributed by atoms with E-state index >= 15 is 0 Å². The molecule has 3 nitrogen and oxygen atoms in total. The molecule has 1 amide bonds. The Morgan fingerprint density at radius 3 is 2.33 bits per heavy atom. The van der Waals surface area contributed by atoms with Crippen LogP contribution in [0, 0.1) is 0 Å². The molecule has 0 aromatic heterocycles. The molecule has 2 aromatic carbocycles. The van der Waals surface area contributed by atoms with Crippen LogP contribution in [0.1, 0.15) is 23.7 Å². The smallest absolute Gasteiger partial charge is 0.252 e. The number of carbonyl (C=O) groups excluding carboxylic acids is 1. The summed E-state index contributed by atoms with van der Waals surface area (Å²) in [6, 6.07) is 14.7. The van der Waals surface area contributed by atoms with E-state index in [9.17, 15) is 4.79 Å². The summed E-state index contributed by atoms with van der Waals surface area (Å²) in [5, 5.41) is 6.92. The first-order chi connectivity index (χ1) is 10.1. The highest BCUT2D eigenvalue weighted by atomic mass is 79.9. The normalized spacial score (nSPS) is 11.8. The van der Waals surface area contributed by atoms with E-state index in [0.717, 1.165) is 16.6 Å². The molecule has 0 saturated carbocycles. The molecule has 0 bridgehead atoms. The van der Waals surface area contributed by atoms with Crippen molar-refractivity contribution in [2.24, 2.45) is 0 Å². The Balaban J connectivity index is 1.99. The van der Waals surface area contributed by atoms with Gasteiger partial charge in [-0.3, -0.25) is 4.79 Å². The zero-order valence-corrected chi connectivity index (χ0v) is 13.9. The third kappa shape index (κ3) is 4.76. The molecule has 5 heteroatoms. The van der Waals surface area contributed by atoms with Gasteiger partial charge in [0, 0.05) is 20.7 Å². The molecule has 0 aliphatic carbocycles. The molecule has 0 fully saturated rings. The maximum atomic E-state index is 12.2. The molecule has 1 unspecified atom stereocenters. The van der Waals surface area contributed by atoms with Gasteiger partial charge in [0.2, 0.25) is 0 Å². The Labute approximate surface area is 137 Å². The SMILES string of the molecule is CCC(NC(=O)c1ccc(Br)cc1)Nc1ccc(Cl)cc1. The van der Waals surface area contributed by atoms with Crippen LogP contribution in [0.3, 0.4) is 0 Å². The van der Waals surface area contributed by atoms with Crippen LogP contribution >= 0.6 is 27.5 Å². The zero-order chi connectivity index (χ0) is 15.2. The van der Waals surface area contributed by atoms with Gasteiger partial charge in [0.25, 0.3) is 5.91 Å². The lowest BCUT2D eigenvalue weighted by Crippen LogP contribution is -2.40. The van der Waals surface area contributed by atoms with Crippen LogP contribution in [0.4, 0.5) is 5.69 Å². The largest absolute Gasteiger partial charge is 0.365 e. The molecular weight excluding hydrogens is 352 g/mol. The van der Waals surface area contributed by atoms with E-state index in [1.54, 1.807) is 12.1 Å². The maximum Gasteiger partial charge on any atom is 0.252 e. The summed E-state index contributed by atoms with van der Waals surface area (Å²) in [5.74, 6) is -0.101. The fourth-order valence-corrected chi connectivity index (χ4v) is 2.22. The Morgan fingerprint density at radius 1 is 1.14 bits per heavy atom. The summed E-state index contributed by atoms with van der Waals surface area (Å²) in [6.45, 7) is 2.01. The first-order valence-electron chi connectivity index (χ1n) is 6.67. The fraction of sp³-hybridized carbons (Fsp3) is 0.188. The molecule has 110 valence electrons. The van der Waals surface area contributed by atoms with Crippen LogP contribution in [-0.2, 0) is 0 Å². The molecule has 2 aromatic rings. The van der Waals surface area contributed by atoms with Crippen molar-refractivity contribution in [1.82, 2.24) is 5.32 Å². The molecule has 1 atom stereocenters. The highest BCUT2D eigenvalue weighted by molar-refractivity contribution is 9.10. The number of amides is 1. The van der Waals surface area contributed by atoms with Crippen LogP contribution in [-0.4, -0.2) is 12.1 Å². The second kappa shape index (κ2) is 7.48. The van der Waals surface area contributed by atoms with Gasteiger partial charge in [0.1, 0.15) is 0 Å². The minimum atomic E-state index is -0.137. The monoisotopic (exact) mass is 366 g/mol. The predicted molar refractivity (Wildman–Crippen MR) is 90.8 cm³/mol. The number of hydrogen-bond acceptors (Lipinski definition) is 2. The van der Waals surface area contributed by atoms with Gasteiger partial charge in [0.05, 0.1) is 6.17 Å². The van der Waals surface area contributed by atoms with E-state index in [4.69, 9.17) is 11.6 Å². The van der Waals surface area contributed by atoms with Gasteiger partial charge in [-0.15, -0.1) is 0 Å². The van der Waals surface area contributed by atoms with Gasteiger partial charge < -0.3 is 10.6 Å². The molecule has 0 spiro atoms. The van der Waals surface area contributed by atoms with Gasteiger partial charge >= 0.3 is 0 Å². The van der Waals surface area contributed by atoms with Crippen LogP contribution in [0.15, 0.2) is 53.0 Å². The first kappa shape index (κ1) is 15.9. The van der Waals surface area contributed by atoms with Crippen molar-refractivity contribution in [2.45, 2.75) is 19.5 Å². The molecule has 21 heavy (non-hydrogen) atoms. The summed E-state index contributed by atoms with van der Waals surface area (Å²) in [6.07, 6.45) is 0.632. The number of anilines is 1. The van der Waals surface area contributed by atoms with Gasteiger partial charge in [-0.05, 0) is 55.0 Å². The summed E-state index contributed by atoms with van der Waals surface area (Å²) in [5.41, 5.74) is 1.55. The van der Waals surface area contributed by atoms with E-state index in [1.807, 2.05) is 43.3 Å². The number of halogens is 2. The first-order valence-corrected chi connectivity index (χ1v) is 7.84. The number of hydrogen-bond donors (Lipinski definition) is 2. The van der Waals surface area contributed by atoms with Gasteiger partial charge in [-0.1, -0.05) is 34.5 Å². The van der Waals surface area contributed by atoms with Gasteiger partial charge in [0.15, 0.2) is 0 Å². The lowest BCUT2D eigenvalue weighted by atomic mass is 10.2. The molecule has 0 aliphatic heterocycles. The van der Waals surface area contributed by atoms with E-state index in [-0.39, 0.29) is 12.1 Å². The number of benzene rings is 2. The standard InChI is InChI=1S/C16H16BrClN2O/c1-2-15(19-14-9-7-13(18)8-10-14)20-16(21)11-3-5-12(17)6-4-11/h3-10,15,19H,2H2,1H3,(H,20,21). The average Bonchev–Trinajstić information content (AvgIpc) is 2.49. The molecular formula is C16H16BrClN2O. The lowest BCUT2D eigenvalue weighted by molar-refractivity contribution is 0.0940. The van der Waals surface area contributed by atoms with Crippen molar-refractivity contribution < 1.29 is 4.79 Å². The second-order valence-corrected chi connectivity index (χ2v) is 5.94. The van der Waals surface area contributed by atoms with Gasteiger partial charge in [-0.2, -0.15) is 0 Å². The topological polar surface area (TPSA) is 41.1 Å². The Hall–Kier alpha value is -1.52. The van der Waals surface area contributed by atoms with Crippen molar-refractivity contribution in [1.29, 1.82) is 0 Å². The Kier molecular flexibility index (Phi) is 5.65. The minimum absolute atomic E-state index is 0.101. The van der Waals surface area contributed by atoms with E-state index < -0.39 is 0 Å². The predicted octanol–water partition coefficient (Wildman–Crippen LogP) is 4.68. The highest BCUT2D eigenvalue weighted by Gasteiger charge is 2.11. The van der Waals surface area contributed by atoms with Crippen molar-refractivity contribution in [2.75, 3.05) is 5.32 Å². The van der Waals surface area contributed by atoms with Crippen molar-refractivity contribution in [3.63, 3.8) is 0 Å². The minimum Gasteiger partial charge on any atom is -0.365 e. The van der Waals surface area contributed by atoms with Crippen LogP contribution in [0.25, 0.3) is 0 Å². The maximum absolute atomic E-state index is 12.2. The van der Waals surface area contributed by atoms with Crippen LogP contribution < -0.4 is 10.6 Å². The molecule has 0 aliphatic rings. The van der Waals surface area contributed by atoms with E-state index in [0.29, 0.717) is 10.6 Å². The lowest BCUT2D eigenvalue weighted by Gasteiger charge is -2.20. The molecule has 0 radical (unpaired) electrons. The summed E-state index contributed by atoms with van der Waals surface area (Å²) in [7, 11) is 0. The average molecular weight is 368 g/mol. The van der Waals surface area contributed by atoms with Crippen molar-refractivity contribution in [3.8, 4) is 0 Å². The number of rotatable bonds is 5.